The van der Waals surface area contributed by atoms with Crippen LogP contribution < -0.4 is 32.3 Å². The number of phenolic OH excluding ortho intramolecular Hbond substituents is 2. The van der Waals surface area contributed by atoms with E-state index in [-0.39, 0.29) is 52.7 Å². The number of ether oxygens (including phenoxy) is 2. The molecule has 6 atom stereocenters. The molecule has 288 valence electrons. The standard InChI is InChI=1S/C43H48N4O8/c1-4-21(2)42(52)54-33-18-31-38(51)37-32(50)17-28(20-48)53-40(37)36-30-16-25-15-27(49)9-8-23(25)6-7-24(35-29(30)11-12-46-41(35)45)14-26(43(33,3)55-39(31)36)13-22-5-10-34(44)47-19-22/h4-5,8-11,15,17,19,24,26,30,33-34,46-49,51H,6-7,12-14,16,18,20,44-45H2,1-3H3. The maximum atomic E-state index is 14.0. The van der Waals surface area contributed by atoms with Gasteiger partial charge in [-0.1, -0.05) is 24.3 Å². The number of hydrogen-bond donors (Lipinski definition) is 7. The summed E-state index contributed by atoms with van der Waals surface area (Å²) in [5.41, 5.74) is 17.7. The fourth-order valence-corrected chi connectivity index (χ4v) is 9.27. The number of phenols is 2. The molecule has 5 heterocycles. The van der Waals surface area contributed by atoms with Gasteiger partial charge in [0.15, 0.2) is 5.43 Å². The number of carbonyl (C=O) groups excluding carboxylic acids is 1. The molecule has 0 amide bonds. The van der Waals surface area contributed by atoms with E-state index in [0.717, 1.165) is 27.8 Å². The average Bonchev–Trinajstić information content (AvgIpc) is 3.22. The second-order valence-electron chi connectivity index (χ2n) is 15.6. The van der Waals surface area contributed by atoms with Gasteiger partial charge < -0.3 is 51.3 Å². The van der Waals surface area contributed by atoms with Crippen molar-refractivity contribution in [1.82, 2.24) is 10.6 Å². The topological polar surface area (TPSA) is 203 Å². The molecule has 4 bridgehead atoms. The Labute approximate surface area is 318 Å². The normalized spacial score (nSPS) is 27.2. The maximum Gasteiger partial charge on any atom is 0.333 e. The number of allylic oxidation sites excluding steroid dienone is 5. The summed E-state index contributed by atoms with van der Waals surface area (Å²) in [7, 11) is 0. The van der Waals surface area contributed by atoms with Crippen molar-refractivity contribution in [3.63, 3.8) is 0 Å². The number of dihydropyridines is 2. The number of fused-ring (bicyclic) bond motifs is 5. The molecule has 6 unspecified atom stereocenters. The number of benzene rings is 2. The van der Waals surface area contributed by atoms with E-state index in [1.807, 2.05) is 31.3 Å². The van der Waals surface area contributed by atoms with Crippen LogP contribution in [-0.4, -0.2) is 45.7 Å². The molecular formula is C43H48N4O8. The molecule has 8 rings (SSSR count). The predicted octanol–water partition coefficient (Wildman–Crippen LogP) is 4.59. The van der Waals surface area contributed by atoms with Gasteiger partial charge in [-0.3, -0.25) is 4.79 Å². The van der Waals surface area contributed by atoms with Gasteiger partial charge in [-0.2, -0.15) is 0 Å². The lowest BCUT2D eigenvalue weighted by Crippen LogP contribution is -2.57. The Morgan fingerprint density at radius 2 is 2.00 bits per heavy atom. The molecule has 1 aliphatic carbocycles. The van der Waals surface area contributed by atoms with Crippen LogP contribution in [0.4, 0.5) is 0 Å². The number of aryl methyl sites for hydroxylation is 1. The fraction of sp³-hybridized carbons (Fsp3) is 0.395. The van der Waals surface area contributed by atoms with Crippen LogP contribution in [0, 0.1) is 11.8 Å². The minimum Gasteiger partial charge on any atom is -0.508 e. The van der Waals surface area contributed by atoms with Crippen LogP contribution in [-0.2, 0) is 35.4 Å². The monoisotopic (exact) mass is 748 g/mol. The summed E-state index contributed by atoms with van der Waals surface area (Å²) >= 11 is 0. The lowest BCUT2D eigenvalue weighted by Gasteiger charge is -2.49. The van der Waals surface area contributed by atoms with Crippen molar-refractivity contribution in [3.05, 3.63) is 121 Å². The Balaban J connectivity index is 1.48. The van der Waals surface area contributed by atoms with Gasteiger partial charge in [0, 0.05) is 53.8 Å². The van der Waals surface area contributed by atoms with Crippen LogP contribution in [0.25, 0.3) is 11.0 Å². The molecule has 0 saturated heterocycles. The van der Waals surface area contributed by atoms with Crippen molar-refractivity contribution in [2.45, 2.75) is 89.7 Å². The number of aliphatic hydroxyl groups excluding tert-OH is 1. The molecule has 12 heteroatoms. The van der Waals surface area contributed by atoms with E-state index in [4.69, 9.17) is 25.4 Å². The highest BCUT2D eigenvalue weighted by Gasteiger charge is 2.53. The third kappa shape index (κ3) is 6.27. The molecular weight excluding hydrogens is 700 g/mol. The molecule has 55 heavy (non-hydrogen) atoms. The lowest BCUT2D eigenvalue weighted by atomic mass is 9.67. The Bertz CT molecular complexity index is 2320. The Hall–Kier alpha value is -5.46. The first kappa shape index (κ1) is 36.5. The lowest BCUT2D eigenvalue weighted by molar-refractivity contribution is -0.165. The zero-order valence-corrected chi connectivity index (χ0v) is 31.3. The minimum absolute atomic E-state index is 0.0329. The molecule has 5 aliphatic rings. The molecule has 4 aliphatic heterocycles. The summed E-state index contributed by atoms with van der Waals surface area (Å²) in [6, 6.07) is 6.64. The first-order chi connectivity index (χ1) is 26.4. The van der Waals surface area contributed by atoms with E-state index >= 15 is 0 Å². The largest absolute Gasteiger partial charge is 0.508 e. The first-order valence-electron chi connectivity index (χ1n) is 19.0. The van der Waals surface area contributed by atoms with E-state index in [9.17, 15) is 24.9 Å². The van der Waals surface area contributed by atoms with Crippen molar-refractivity contribution in [3.8, 4) is 17.2 Å². The molecule has 3 aromatic rings. The summed E-state index contributed by atoms with van der Waals surface area (Å²) in [6.45, 7) is 5.34. The number of aliphatic hydroxyl groups is 1. The zero-order chi connectivity index (χ0) is 38.8. The summed E-state index contributed by atoms with van der Waals surface area (Å²) < 4.78 is 20.2. The van der Waals surface area contributed by atoms with Gasteiger partial charge in [-0.05, 0) is 105 Å². The summed E-state index contributed by atoms with van der Waals surface area (Å²) in [5.74, 6) is -0.735. The maximum absolute atomic E-state index is 14.0. The molecule has 0 spiro atoms. The number of hydrogen-bond acceptors (Lipinski definition) is 12. The number of aromatic hydroxyl groups is 2. The first-order valence-corrected chi connectivity index (χ1v) is 19.0. The van der Waals surface area contributed by atoms with Crippen molar-refractivity contribution in [2.24, 2.45) is 23.3 Å². The second-order valence-corrected chi connectivity index (χ2v) is 15.6. The Morgan fingerprint density at radius 1 is 1.18 bits per heavy atom. The van der Waals surface area contributed by atoms with Gasteiger partial charge in [0.05, 0.1) is 6.17 Å². The number of esters is 1. The fourth-order valence-electron chi connectivity index (χ4n) is 9.27. The van der Waals surface area contributed by atoms with Crippen LogP contribution in [0.3, 0.4) is 0 Å². The number of carbonyl (C=O) groups is 1. The SMILES string of the molecule is CC=C(C)C(=O)OC1Cc2c3c(c4oc(CO)cc(=O)c4c2O)C2Cc4cc(O)ccc4CCC(CC(CC4=CNC(N)C=C4)C1(C)O3)C1=C(N)NCC=C12. The molecule has 0 fully saturated rings. The molecule has 2 aromatic carbocycles. The van der Waals surface area contributed by atoms with Gasteiger partial charge in [0.2, 0.25) is 0 Å². The van der Waals surface area contributed by atoms with Crippen LogP contribution in [0.1, 0.15) is 74.0 Å². The van der Waals surface area contributed by atoms with E-state index in [1.54, 1.807) is 32.1 Å². The van der Waals surface area contributed by atoms with Gasteiger partial charge in [0.1, 0.15) is 58.1 Å². The average molecular weight is 749 g/mol. The zero-order valence-electron chi connectivity index (χ0n) is 31.3. The molecule has 0 saturated carbocycles. The summed E-state index contributed by atoms with van der Waals surface area (Å²) in [5, 5.41) is 39.7. The minimum atomic E-state index is -1.19. The van der Waals surface area contributed by atoms with Crippen LogP contribution in [0.15, 0.2) is 92.1 Å². The second kappa shape index (κ2) is 14.0. The summed E-state index contributed by atoms with van der Waals surface area (Å²) in [4.78, 5) is 27.6. The van der Waals surface area contributed by atoms with Crippen molar-refractivity contribution in [1.29, 1.82) is 0 Å². The third-order valence-electron chi connectivity index (χ3n) is 12.4. The van der Waals surface area contributed by atoms with Gasteiger partial charge >= 0.3 is 5.97 Å². The molecule has 1 aromatic heterocycles. The molecule has 12 nitrogen and oxygen atoms in total. The van der Waals surface area contributed by atoms with Crippen LogP contribution in [0.5, 0.6) is 17.2 Å². The van der Waals surface area contributed by atoms with Crippen molar-refractivity contribution < 1.29 is 34.0 Å². The van der Waals surface area contributed by atoms with E-state index in [0.29, 0.717) is 66.9 Å². The van der Waals surface area contributed by atoms with Gasteiger partial charge in [0.25, 0.3) is 0 Å². The van der Waals surface area contributed by atoms with Gasteiger partial charge in [-0.15, -0.1) is 0 Å². The highest BCUT2D eigenvalue weighted by Crippen LogP contribution is 2.56. The molecule has 0 radical (unpaired) electrons. The summed E-state index contributed by atoms with van der Waals surface area (Å²) in [6.07, 6.45) is 11.4. The predicted molar refractivity (Wildman–Crippen MR) is 207 cm³/mol. The van der Waals surface area contributed by atoms with Gasteiger partial charge in [-0.25, -0.2) is 4.79 Å². The van der Waals surface area contributed by atoms with Crippen molar-refractivity contribution in [2.75, 3.05) is 6.54 Å². The smallest absolute Gasteiger partial charge is 0.333 e. The number of rotatable bonds is 5. The number of nitrogens with one attached hydrogen (secondary N) is 2. The van der Waals surface area contributed by atoms with Crippen LogP contribution >= 0.6 is 0 Å². The highest BCUT2D eigenvalue weighted by molar-refractivity contribution is 5.92. The van der Waals surface area contributed by atoms with E-state index in [1.165, 1.54) is 6.07 Å². The number of nitrogens with two attached hydrogens (primary N) is 2. The molecule has 9 N–H and O–H groups in total. The Morgan fingerprint density at radius 3 is 2.75 bits per heavy atom. The highest BCUT2D eigenvalue weighted by atomic mass is 16.6. The Kier molecular flexibility index (Phi) is 9.29. The van der Waals surface area contributed by atoms with Crippen molar-refractivity contribution >= 4 is 16.9 Å². The van der Waals surface area contributed by atoms with E-state index in [2.05, 4.69) is 16.7 Å². The quantitative estimate of drug-likeness (QED) is 0.142. The third-order valence-corrected chi connectivity index (χ3v) is 12.4. The van der Waals surface area contributed by atoms with Crippen LogP contribution in [0.2, 0.25) is 0 Å². The van der Waals surface area contributed by atoms with E-state index < -0.39 is 35.6 Å².